The van der Waals surface area contributed by atoms with Gasteiger partial charge in [-0.25, -0.2) is 13.1 Å². The number of anilines is 1. The normalized spacial score (nSPS) is 16.7. The van der Waals surface area contributed by atoms with Crippen molar-refractivity contribution in [3.8, 4) is 6.07 Å². The quantitative estimate of drug-likeness (QED) is 0.761. The van der Waals surface area contributed by atoms with Gasteiger partial charge in [0.15, 0.2) is 0 Å². The van der Waals surface area contributed by atoms with Crippen LogP contribution < -0.4 is 10.5 Å². The van der Waals surface area contributed by atoms with E-state index in [0.717, 1.165) is 0 Å². The number of hydrogen-bond acceptors (Lipinski definition) is 5. The first-order chi connectivity index (χ1) is 9.85. The lowest BCUT2D eigenvalue weighted by Crippen LogP contribution is -2.41. The van der Waals surface area contributed by atoms with Crippen LogP contribution in [0.1, 0.15) is 25.3 Å². The van der Waals surface area contributed by atoms with Crippen LogP contribution in [-0.4, -0.2) is 39.0 Å². The van der Waals surface area contributed by atoms with E-state index in [9.17, 15) is 8.42 Å². The summed E-state index contributed by atoms with van der Waals surface area (Å²) in [5.74, 6) is 0. The minimum absolute atomic E-state index is 0.0165. The molecule has 0 radical (unpaired) electrons. The minimum Gasteiger partial charge on any atom is -0.398 e. The highest BCUT2D eigenvalue weighted by atomic mass is 32.2. The molecule has 1 unspecified atom stereocenters. The maximum Gasteiger partial charge on any atom is 0.242 e. The molecule has 1 aromatic carbocycles. The third-order valence-corrected chi connectivity index (χ3v) is 5.31. The Balaban J connectivity index is 2.06. The molecule has 1 aromatic rings. The van der Waals surface area contributed by atoms with E-state index in [4.69, 9.17) is 11.0 Å². The van der Waals surface area contributed by atoms with Crippen LogP contribution in [0.2, 0.25) is 0 Å². The fraction of sp³-hybridized carbons (Fsp3) is 0.500. The third kappa shape index (κ3) is 3.73. The molecule has 0 spiro atoms. The van der Waals surface area contributed by atoms with Gasteiger partial charge in [-0.1, -0.05) is 0 Å². The van der Waals surface area contributed by atoms with Crippen LogP contribution in [0.4, 0.5) is 5.69 Å². The van der Waals surface area contributed by atoms with Crippen LogP contribution in [0.3, 0.4) is 0 Å². The topological polar surface area (TPSA) is 99.2 Å². The summed E-state index contributed by atoms with van der Waals surface area (Å²) in [4.78, 5) is 2.20. The van der Waals surface area contributed by atoms with Crippen molar-refractivity contribution in [2.45, 2.75) is 36.7 Å². The molecule has 6 nitrogen and oxygen atoms in total. The molecule has 2 rings (SSSR count). The van der Waals surface area contributed by atoms with Gasteiger partial charge in [0.1, 0.15) is 4.90 Å². The Bertz CT molecular complexity index is 662. The van der Waals surface area contributed by atoms with Crippen molar-refractivity contribution >= 4 is 15.7 Å². The predicted octanol–water partition coefficient (Wildman–Crippen LogP) is 0.901. The molecule has 21 heavy (non-hydrogen) atoms. The number of nitriles is 1. The molecule has 0 amide bonds. The summed E-state index contributed by atoms with van der Waals surface area (Å²) >= 11 is 0. The summed E-state index contributed by atoms with van der Waals surface area (Å²) in [5, 5.41) is 8.77. The first kappa shape index (κ1) is 15.8. The number of nitrogen functional groups attached to an aromatic ring is 1. The van der Waals surface area contributed by atoms with Crippen LogP contribution in [0.25, 0.3) is 0 Å². The smallest absolute Gasteiger partial charge is 0.242 e. The number of nitrogens with two attached hydrogens (primary N) is 1. The molecule has 7 heteroatoms. The molecule has 0 aliphatic heterocycles. The molecular formula is C14H20N4O2S. The first-order valence-corrected chi connectivity index (χ1v) is 8.34. The second-order valence-corrected chi connectivity index (χ2v) is 7.20. The monoisotopic (exact) mass is 308 g/mol. The summed E-state index contributed by atoms with van der Waals surface area (Å²) in [6.07, 6.45) is 2.35. The van der Waals surface area contributed by atoms with E-state index < -0.39 is 10.0 Å². The lowest BCUT2D eigenvalue weighted by atomic mass is 10.2. The van der Waals surface area contributed by atoms with E-state index in [-0.39, 0.29) is 16.6 Å². The molecule has 0 heterocycles. The Kier molecular flexibility index (Phi) is 4.52. The summed E-state index contributed by atoms with van der Waals surface area (Å²) in [6.45, 7) is 2.32. The average Bonchev–Trinajstić information content (AvgIpc) is 3.28. The lowest BCUT2D eigenvalue weighted by Gasteiger charge is -2.24. The maximum atomic E-state index is 12.3. The van der Waals surface area contributed by atoms with Crippen LogP contribution in [0.15, 0.2) is 23.1 Å². The average molecular weight is 308 g/mol. The van der Waals surface area contributed by atoms with Crippen molar-refractivity contribution in [2.24, 2.45) is 0 Å². The third-order valence-electron chi connectivity index (χ3n) is 3.82. The Hall–Kier alpha value is -1.62. The zero-order valence-corrected chi connectivity index (χ0v) is 13.0. The standard InChI is InChI=1S/C14H20N4O2S/c1-10(18(2)12-4-5-12)9-17-21(19,20)14-6-3-11(8-15)7-13(14)16/h3,6-7,10,12,17H,4-5,9,16H2,1-2H3. The predicted molar refractivity (Wildman–Crippen MR) is 81.0 cm³/mol. The van der Waals surface area contributed by atoms with Gasteiger partial charge >= 0.3 is 0 Å². The van der Waals surface area contributed by atoms with E-state index in [1.165, 1.54) is 31.0 Å². The van der Waals surface area contributed by atoms with Crippen molar-refractivity contribution in [3.63, 3.8) is 0 Å². The van der Waals surface area contributed by atoms with E-state index >= 15 is 0 Å². The van der Waals surface area contributed by atoms with Gasteiger partial charge in [0.25, 0.3) is 0 Å². The van der Waals surface area contributed by atoms with Gasteiger partial charge in [0.05, 0.1) is 17.3 Å². The van der Waals surface area contributed by atoms with E-state index in [1.54, 1.807) is 0 Å². The number of rotatable bonds is 6. The van der Waals surface area contributed by atoms with Crippen LogP contribution in [0, 0.1) is 11.3 Å². The Morgan fingerprint density at radius 1 is 1.52 bits per heavy atom. The molecule has 1 aliphatic carbocycles. The van der Waals surface area contributed by atoms with Crippen molar-refractivity contribution < 1.29 is 8.42 Å². The van der Waals surface area contributed by atoms with Gasteiger partial charge in [-0.3, -0.25) is 4.90 Å². The second kappa shape index (κ2) is 6.02. The Morgan fingerprint density at radius 2 is 2.19 bits per heavy atom. The number of sulfonamides is 1. The van der Waals surface area contributed by atoms with Crippen molar-refractivity contribution in [1.82, 2.24) is 9.62 Å². The minimum atomic E-state index is -3.66. The Labute approximate surface area is 125 Å². The molecule has 1 fully saturated rings. The van der Waals surface area contributed by atoms with Gasteiger partial charge in [0, 0.05) is 18.6 Å². The van der Waals surface area contributed by atoms with E-state index in [0.29, 0.717) is 18.2 Å². The van der Waals surface area contributed by atoms with Gasteiger partial charge < -0.3 is 5.73 Å². The number of nitrogens with one attached hydrogen (secondary N) is 1. The molecule has 114 valence electrons. The summed E-state index contributed by atoms with van der Waals surface area (Å²) in [6, 6.07) is 6.81. The molecular weight excluding hydrogens is 288 g/mol. The Morgan fingerprint density at radius 3 is 2.71 bits per heavy atom. The summed E-state index contributed by atoms with van der Waals surface area (Å²) < 4.78 is 27.1. The highest BCUT2D eigenvalue weighted by Crippen LogP contribution is 2.27. The number of likely N-dealkylation sites (N-methyl/N-ethyl adjacent to an activating group) is 1. The largest absolute Gasteiger partial charge is 0.398 e. The van der Waals surface area contributed by atoms with E-state index in [2.05, 4.69) is 9.62 Å². The van der Waals surface area contributed by atoms with E-state index in [1.807, 2.05) is 20.0 Å². The molecule has 1 aliphatic rings. The maximum absolute atomic E-state index is 12.3. The van der Waals surface area contributed by atoms with Gasteiger partial charge in [-0.2, -0.15) is 5.26 Å². The SMILES string of the molecule is CC(CNS(=O)(=O)c1ccc(C#N)cc1N)N(C)C1CC1. The molecule has 1 saturated carbocycles. The number of nitrogens with zero attached hydrogens (tertiary/aromatic N) is 2. The first-order valence-electron chi connectivity index (χ1n) is 6.86. The molecule has 0 bridgehead atoms. The highest BCUT2D eigenvalue weighted by Gasteiger charge is 2.29. The van der Waals surface area contributed by atoms with Crippen LogP contribution in [-0.2, 0) is 10.0 Å². The number of benzene rings is 1. The summed E-state index contributed by atoms with van der Waals surface area (Å²) in [7, 11) is -1.65. The zero-order valence-electron chi connectivity index (χ0n) is 12.2. The van der Waals surface area contributed by atoms with Crippen LogP contribution >= 0.6 is 0 Å². The molecule has 1 atom stereocenters. The summed E-state index contributed by atoms with van der Waals surface area (Å²) in [5.41, 5.74) is 6.16. The van der Waals surface area contributed by atoms with Gasteiger partial charge in [-0.05, 0) is 45.0 Å². The fourth-order valence-corrected chi connectivity index (χ4v) is 3.39. The highest BCUT2D eigenvalue weighted by molar-refractivity contribution is 7.89. The van der Waals surface area contributed by atoms with Gasteiger partial charge in [0.2, 0.25) is 10.0 Å². The van der Waals surface area contributed by atoms with Crippen LogP contribution in [0.5, 0.6) is 0 Å². The zero-order chi connectivity index (χ0) is 15.6. The number of hydrogen-bond donors (Lipinski definition) is 2. The van der Waals surface area contributed by atoms with Gasteiger partial charge in [-0.15, -0.1) is 0 Å². The molecule has 0 aromatic heterocycles. The lowest BCUT2D eigenvalue weighted by molar-refractivity contribution is 0.248. The van der Waals surface area contributed by atoms with Crippen molar-refractivity contribution in [1.29, 1.82) is 5.26 Å². The fourth-order valence-electron chi connectivity index (χ4n) is 2.16. The van der Waals surface area contributed by atoms with Crippen molar-refractivity contribution in [3.05, 3.63) is 23.8 Å². The van der Waals surface area contributed by atoms with Crippen molar-refractivity contribution in [2.75, 3.05) is 19.3 Å². The molecule has 3 N–H and O–H groups in total. The molecule has 0 saturated heterocycles. The second-order valence-electron chi connectivity index (χ2n) is 5.46.